The predicted octanol–water partition coefficient (Wildman–Crippen LogP) is 5.45. The van der Waals surface area contributed by atoms with E-state index in [2.05, 4.69) is 0 Å². The molecule has 7 heteroatoms. The summed E-state index contributed by atoms with van der Waals surface area (Å²) in [5.74, 6) is -2.16. The van der Waals surface area contributed by atoms with Crippen molar-refractivity contribution >= 4 is 38.9 Å². The molecule has 0 fully saturated rings. The highest BCUT2D eigenvalue weighted by molar-refractivity contribution is 7.20. The summed E-state index contributed by atoms with van der Waals surface area (Å²) in [4.78, 5) is 14.5. The number of benzene rings is 2. The summed E-state index contributed by atoms with van der Waals surface area (Å²) in [5, 5.41) is 0.733. The number of aryl methyl sites for hydroxylation is 1. The number of nitrogens with two attached hydrogens (primary N) is 1. The van der Waals surface area contributed by atoms with Gasteiger partial charge >= 0.3 is 0 Å². The lowest BCUT2D eigenvalue weighted by Gasteiger charge is -2.26. The van der Waals surface area contributed by atoms with Crippen LogP contribution >= 0.6 is 11.3 Å². The molecule has 3 aromatic rings. The van der Waals surface area contributed by atoms with Gasteiger partial charge in [-0.15, -0.1) is 0 Å². The summed E-state index contributed by atoms with van der Waals surface area (Å²) in [6, 6.07) is 7.75. The number of nitrogens with zero attached hydrogens (tertiary/aromatic N) is 1. The van der Waals surface area contributed by atoms with E-state index in [1.165, 1.54) is 41.3 Å². The highest BCUT2D eigenvalue weighted by Gasteiger charge is 2.29. The first-order valence-electron chi connectivity index (χ1n) is 8.49. The first-order valence-corrected chi connectivity index (χ1v) is 9.31. The van der Waals surface area contributed by atoms with Crippen LogP contribution in [0.4, 0.5) is 28.9 Å². The van der Waals surface area contributed by atoms with Gasteiger partial charge in [0.25, 0.3) is 0 Å². The fraction of sp³-hybridized carbons (Fsp3) is 0.0952. The van der Waals surface area contributed by atoms with Gasteiger partial charge in [0, 0.05) is 17.7 Å². The molecule has 1 aromatic heterocycles. The Hall–Kier alpha value is -3.06. The zero-order valence-electron chi connectivity index (χ0n) is 14.8. The normalized spacial score (nSPS) is 12.9. The van der Waals surface area contributed by atoms with E-state index in [-0.39, 0.29) is 28.6 Å². The third-order valence-electron chi connectivity index (χ3n) is 4.63. The van der Waals surface area contributed by atoms with E-state index in [4.69, 9.17) is 5.73 Å². The Balaban J connectivity index is 1.84. The van der Waals surface area contributed by atoms with Crippen LogP contribution < -0.4 is 10.6 Å². The number of fused-ring (bicyclic) bond motifs is 1. The van der Waals surface area contributed by atoms with E-state index in [1.54, 1.807) is 19.1 Å². The molecule has 142 valence electrons. The smallest absolute Gasteiger partial charge is 0.196 e. The third-order valence-corrected chi connectivity index (χ3v) is 5.68. The van der Waals surface area contributed by atoms with Crippen molar-refractivity contribution in [2.45, 2.75) is 6.92 Å². The van der Waals surface area contributed by atoms with Crippen LogP contribution in [0.3, 0.4) is 0 Å². The van der Waals surface area contributed by atoms with Crippen LogP contribution in [0.2, 0.25) is 0 Å². The minimum Gasteiger partial charge on any atom is -0.390 e. The molecule has 0 aliphatic carbocycles. The first kappa shape index (κ1) is 18.3. The zero-order valence-corrected chi connectivity index (χ0v) is 15.6. The summed E-state index contributed by atoms with van der Waals surface area (Å²) in [7, 11) is 0. The molecule has 0 amide bonds. The Morgan fingerprint density at radius 3 is 2.50 bits per heavy atom. The van der Waals surface area contributed by atoms with E-state index in [0.717, 1.165) is 11.3 Å². The quantitative estimate of drug-likeness (QED) is 0.595. The molecular formula is C21H15F3N2OS. The Labute approximate surface area is 163 Å². The lowest BCUT2D eigenvalue weighted by Crippen LogP contribution is -2.21. The largest absolute Gasteiger partial charge is 0.390 e. The fourth-order valence-electron chi connectivity index (χ4n) is 3.27. The van der Waals surface area contributed by atoms with Crippen molar-refractivity contribution in [3.8, 4) is 0 Å². The van der Waals surface area contributed by atoms with Gasteiger partial charge in [0.05, 0.1) is 10.6 Å². The van der Waals surface area contributed by atoms with Crippen molar-refractivity contribution in [1.29, 1.82) is 0 Å². The summed E-state index contributed by atoms with van der Waals surface area (Å²) in [5.41, 5.74) is 7.33. The fourth-order valence-corrected chi connectivity index (χ4v) is 4.34. The van der Waals surface area contributed by atoms with Crippen LogP contribution in [0.25, 0.3) is 6.08 Å². The number of hydrogen-bond acceptors (Lipinski definition) is 4. The van der Waals surface area contributed by atoms with E-state index >= 15 is 0 Å². The molecule has 0 spiro atoms. The number of ketones is 1. The predicted molar refractivity (Wildman–Crippen MR) is 106 cm³/mol. The number of para-hydroxylation sites is 1. The molecule has 0 saturated heterocycles. The number of hydrogen-bond donors (Lipinski definition) is 1. The van der Waals surface area contributed by atoms with Gasteiger partial charge in [-0.3, -0.25) is 4.79 Å². The maximum Gasteiger partial charge on any atom is 0.196 e. The minimum absolute atomic E-state index is 0.189. The molecule has 0 atom stereocenters. The molecule has 4 rings (SSSR count). The molecule has 2 heterocycles. The van der Waals surface area contributed by atoms with Crippen LogP contribution in [0.1, 0.15) is 27.0 Å². The van der Waals surface area contributed by atoms with Crippen molar-refractivity contribution in [2.75, 3.05) is 17.2 Å². The monoisotopic (exact) mass is 400 g/mol. The van der Waals surface area contributed by atoms with Gasteiger partial charge in [-0.25, -0.2) is 13.2 Å². The van der Waals surface area contributed by atoms with Crippen molar-refractivity contribution in [3.05, 3.63) is 82.2 Å². The number of anilines is 3. The van der Waals surface area contributed by atoms with E-state index < -0.39 is 17.5 Å². The van der Waals surface area contributed by atoms with Crippen molar-refractivity contribution < 1.29 is 18.0 Å². The van der Waals surface area contributed by atoms with Gasteiger partial charge in [-0.05, 0) is 42.8 Å². The van der Waals surface area contributed by atoms with Gasteiger partial charge in [-0.1, -0.05) is 29.6 Å². The molecule has 0 radical (unpaired) electrons. The number of carbonyl (C=O) groups excluding carboxylic acids is 1. The molecule has 0 bridgehead atoms. The molecule has 0 unspecified atom stereocenters. The average molecular weight is 400 g/mol. The van der Waals surface area contributed by atoms with Crippen LogP contribution in [-0.4, -0.2) is 12.3 Å². The van der Waals surface area contributed by atoms with E-state index in [1.807, 2.05) is 0 Å². The van der Waals surface area contributed by atoms with Crippen LogP contribution in [0.5, 0.6) is 0 Å². The highest BCUT2D eigenvalue weighted by atomic mass is 32.1. The molecule has 2 N–H and O–H groups in total. The number of nitrogen functional groups attached to an aromatic ring is 1. The Bertz CT molecular complexity index is 1120. The lowest BCUT2D eigenvalue weighted by atomic mass is 9.98. The Kier molecular flexibility index (Phi) is 4.47. The van der Waals surface area contributed by atoms with Crippen LogP contribution in [0, 0.1) is 24.4 Å². The second kappa shape index (κ2) is 6.83. The summed E-state index contributed by atoms with van der Waals surface area (Å²) in [6.07, 6.45) is 3.44. The maximum absolute atomic E-state index is 14.3. The van der Waals surface area contributed by atoms with Gasteiger partial charge in [0.15, 0.2) is 5.78 Å². The molecular weight excluding hydrogens is 385 g/mol. The van der Waals surface area contributed by atoms with Gasteiger partial charge < -0.3 is 10.6 Å². The number of carbonyl (C=O) groups is 1. The van der Waals surface area contributed by atoms with Crippen molar-refractivity contribution in [3.63, 3.8) is 0 Å². The topological polar surface area (TPSA) is 46.3 Å². The molecule has 28 heavy (non-hydrogen) atoms. The van der Waals surface area contributed by atoms with Gasteiger partial charge in [0.2, 0.25) is 0 Å². The minimum atomic E-state index is -0.699. The SMILES string of the molecule is Cc1cc(C(=O)c2c(N)sc3c2C=CCN3c2c(F)cccc2F)ccc1F. The molecule has 2 aromatic carbocycles. The summed E-state index contributed by atoms with van der Waals surface area (Å²) < 4.78 is 42.2. The summed E-state index contributed by atoms with van der Waals surface area (Å²) in [6.45, 7) is 1.81. The average Bonchev–Trinajstić information content (AvgIpc) is 3.00. The number of thiophene rings is 1. The Morgan fingerprint density at radius 1 is 1.11 bits per heavy atom. The highest BCUT2D eigenvalue weighted by Crippen LogP contribution is 2.45. The molecule has 1 aliphatic rings. The Morgan fingerprint density at radius 2 is 1.82 bits per heavy atom. The van der Waals surface area contributed by atoms with Crippen molar-refractivity contribution in [2.24, 2.45) is 0 Å². The first-order chi connectivity index (χ1) is 13.4. The van der Waals surface area contributed by atoms with Crippen molar-refractivity contribution in [1.82, 2.24) is 0 Å². The second-order valence-electron chi connectivity index (χ2n) is 6.44. The van der Waals surface area contributed by atoms with E-state index in [0.29, 0.717) is 21.7 Å². The molecule has 0 saturated carbocycles. The number of rotatable bonds is 3. The maximum atomic E-state index is 14.3. The molecule has 3 nitrogen and oxygen atoms in total. The van der Waals surface area contributed by atoms with Crippen LogP contribution in [-0.2, 0) is 0 Å². The lowest BCUT2D eigenvalue weighted by molar-refractivity contribution is 0.103. The van der Waals surface area contributed by atoms with Crippen LogP contribution in [0.15, 0.2) is 42.5 Å². The molecule has 1 aliphatic heterocycles. The van der Waals surface area contributed by atoms with E-state index in [9.17, 15) is 18.0 Å². The van der Waals surface area contributed by atoms with Gasteiger partial charge in [0.1, 0.15) is 28.1 Å². The second-order valence-corrected chi connectivity index (χ2v) is 7.47. The number of halogens is 3. The standard InChI is InChI=1S/C21H15F3N2OS/c1-11-10-12(7-8-14(11)22)19(27)17-13-4-3-9-26(21(13)28-20(17)25)18-15(23)5-2-6-16(18)24/h2-8,10H,9,25H2,1H3. The summed E-state index contributed by atoms with van der Waals surface area (Å²) >= 11 is 1.09. The van der Waals surface area contributed by atoms with Gasteiger partial charge in [-0.2, -0.15) is 0 Å². The third kappa shape index (κ3) is 2.88. The zero-order chi connectivity index (χ0) is 20.0.